The number of nitrogens with two attached hydrogens (primary N) is 1. The number of carbonyl (C=O) groups is 1. The lowest BCUT2D eigenvalue weighted by molar-refractivity contribution is -0.119. The van der Waals surface area contributed by atoms with Gasteiger partial charge in [-0.2, -0.15) is 13.6 Å². The summed E-state index contributed by atoms with van der Waals surface area (Å²) in [5.74, 6) is 1.82. The Bertz CT molecular complexity index is 969. The maximum absolute atomic E-state index is 12.8. The summed E-state index contributed by atoms with van der Waals surface area (Å²) in [4.78, 5) is 12.8. The molecule has 0 saturated heterocycles. The molecule has 1 aromatic rings. The van der Waals surface area contributed by atoms with Gasteiger partial charge in [-0.3, -0.25) is 4.79 Å². The lowest BCUT2D eigenvalue weighted by atomic mass is 9.54. The summed E-state index contributed by atoms with van der Waals surface area (Å²) in [5, 5.41) is 8.08. The topological polar surface area (TPSA) is 98.5 Å². The number of amides is 1. The largest absolute Gasteiger partial charge is 0.380 e. The van der Waals surface area contributed by atoms with Crippen LogP contribution in [0.5, 0.6) is 5.75 Å². The minimum atomic E-state index is -4.01. The monoisotopic (exact) mass is 418 g/mol. The van der Waals surface area contributed by atoms with Crippen molar-refractivity contribution in [3.05, 3.63) is 41.0 Å². The van der Waals surface area contributed by atoms with Crippen LogP contribution in [0.4, 0.5) is 0 Å². The van der Waals surface area contributed by atoms with Crippen molar-refractivity contribution in [1.82, 2.24) is 5.32 Å². The van der Waals surface area contributed by atoms with Crippen molar-refractivity contribution in [3.63, 3.8) is 0 Å². The predicted molar refractivity (Wildman–Crippen MR) is 112 cm³/mol. The summed E-state index contributed by atoms with van der Waals surface area (Å²) in [6.07, 6.45) is 7.09. The van der Waals surface area contributed by atoms with Crippen LogP contribution in [0.3, 0.4) is 0 Å². The molecule has 0 aromatic heterocycles. The molecule has 1 aromatic carbocycles. The number of hydrogen-bond donors (Lipinski definition) is 2. The highest BCUT2D eigenvalue weighted by Crippen LogP contribution is 2.61. The molecule has 0 radical (unpaired) electrons. The molecule has 3 N–H and O–H groups in total. The first-order chi connectivity index (χ1) is 13.6. The molecular weight excluding hydrogens is 388 g/mol. The fraction of sp³-hybridized carbons (Fsp3) is 0.591. The Morgan fingerprint density at radius 2 is 2.07 bits per heavy atom. The molecule has 4 atom stereocenters. The van der Waals surface area contributed by atoms with E-state index in [1.165, 1.54) is 5.56 Å². The highest BCUT2D eigenvalue weighted by atomic mass is 32.2. The number of rotatable bonds is 4. The first kappa shape index (κ1) is 20.4. The van der Waals surface area contributed by atoms with Crippen LogP contribution >= 0.6 is 0 Å². The molecule has 3 aliphatic carbocycles. The van der Waals surface area contributed by atoms with E-state index in [4.69, 9.17) is 9.32 Å². The average molecular weight is 419 g/mol. The van der Waals surface area contributed by atoms with Gasteiger partial charge in [-0.15, -0.1) is 0 Å². The summed E-state index contributed by atoms with van der Waals surface area (Å²) in [6, 6.07) is 5.66. The molecule has 0 heterocycles. The Morgan fingerprint density at radius 1 is 1.31 bits per heavy atom. The lowest BCUT2D eigenvalue weighted by Gasteiger charge is -2.50. The molecule has 6 nitrogen and oxygen atoms in total. The number of allylic oxidation sites excluding steroid dienone is 1. The van der Waals surface area contributed by atoms with Crippen molar-refractivity contribution in [3.8, 4) is 5.75 Å². The summed E-state index contributed by atoms with van der Waals surface area (Å²) in [6.45, 7) is 6.26. The Kier molecular flexibility index (Phi) is 5.02. The van der Waals surface area contributed by atoms with E-state index in [0.717, 1.165) is 43.2 Å². The van der Waals surface area contributed by atoms with E-state index in [0.29, 0.717) is 17.8 Å². The minimum Gasteiger partial charge on any atom is -0.371 e. The first-order valence-electron chi connectivity index (χ1n) is 10.4. The van der Waals surface area contributed by atoms with Gasteiger partial charge in [0.2, 0.25) is 5.91 Å². The van der Waals surface area contributed by atoms with E-state index >= 15 is 0 Å². The molecule has 158 valence electrons. The molecule has 0 spiro atoms. The fourth-order valence-corrected chi connectivity index (χ4v) is 6.38. The van der Waals surface area contributed by atoms with Crippen molar-refractivity contribution in [2.45, 2.75) is 64.8 Å². The standard InChI is InChI=1S/C22H30N2O4S/c1-13(2)24-21(25)20-9-8-19-18-6-4-14-12-15(28-29(23,26)27)5-7-16(14)17(18)10-11-22(19,20)3/h5,7,9,12-13,17-19H,4,6,8,10-11H2,1-3H3,(H,24,25)(H2,23,26,27)/t17-,18-,19+,22+/m1/s1. The lowest BCUT2D eigenvalue weighted by Crippen LogP contribution is -2.44. The van der Waals surface area contributed by atoms with Gasteiger partial charge < -0.3 is 9.50 Å². The van der Waals surface area contributed by atoms with E-state index < -0.39 is 10.3 Å². The van der Waals surface area contributed by atoms with Gasteiger partial charge in [0.1, 0.15) is 5.75 Å². The van der Waals surface area contributed by atoms with E-state index in [1.54, 1.807) is 6.07 Å². The molecule has 0 aliphatic heterocycles. The average Bonchev–Trinajstić information content (AvgIpc) is 2.96. The number of hydrogen-bond acceptors (Lipinski definition) is 4. The zero-order valence-electron chi connectivity index (χ0n) is 17.3. The van der Waals surface area contributed by atoms with Crippen LogP contribution < -0.4 is 14.6 Å². The second-order valence-corrected chi connectivity index (χ2v) is 10.4. The number of fused-ring (bicyclic) bond motifs is 5. The molecule has 1 amide bonds. The van der Waals surface area contributed by atoms with E-state index in [1.807, 2.05) is 26.0 Å². The highest BCUT2D eigenvalue weighted by molar-refractivity contribution is 7.84. The number of nitrogens with one attached hydrogen (secondary N) is 1. The summed E-state index contributed by atoms with van der Waals surface area (Å²) in [5.41, 5.74) is 3.36. The van der Waals surface area contributed by atoms with E-state index in [9.17, 15) is 13.2 Å². The van der Waals surface area contributed by atoms with Gasteiger partial charge in [0.15, 0.2) is 0 Å². The number of aryl methyl sites for hydroxylation is 1. The number of carbonyl (C=O) groups excluding carboxylic acids is 1. The quantitative estimate of drug-likeness (QED) is 0.784. The normalized spacial score (nSPS) is 30.8. The highest BCUT2D eigenvalue weighted by Gasteiger charge is 2.53. The molecule has 0 unspecified atom stereocenters. The smallest absolute Gasteiger partial charge is 0.371 e. The maximum Gasteiger partial charge on any atom is 0.380 e. The SMILES string of the molecule is CC(C)NC(=O)C1=CC[C@H]2[C@@H]3CCc4cc(OS(N)(=O)=O)ccc4[C@H]3CC[C@]12C. The fourth-order valence-electron chi connectivity index (χ4n) is 6.00. The first-order valence-corrected chi connectivity index (χ1v) is 11.9. The Morgan fingerprint density at radius 3 is 2.76 bits per heavy atom. The third kappa shape index (κ3) is 3.70. The molecule has 0 bridgehead atoms. The Balaban J connectivity index is 1.57. The summed E-state index contributed by atoms with van der Waals surface area (Å²) >= 11 is 0. The second kappa shape index (κ2) is 7.13. The van der Waals surface area contributed by atoms with Crippen molar-refractivity contribution >= 4 is 16.2 Å². The second-order valence-electron chi connectivity index (χ2n) is 9.29. The van der Waals surface area contributed by atoms with Crippen LogP contribution in [-0.4, -0.2) is 20.4 Å². The van der Waals surface area contributed by atoms with Gasteiger partial charge >= 0.3 is 10.3 Å². The minimum absolute atomic E-state index is 0.0612. The van der Waals surface area contributed by atoms with Gasteiger partial charge in [-0.05, 0) is 87.0 Å². The Hall–Kier alpha value is -1.86. The summed E-state index contributed by atoms with van der Waals surface area (Å²) < 4.78 is 27.3. The van der Waals surface area contributed by atoms with Crippen molar-refractivity contribution in [1.29, 1.82) is 0 Å². The van der Waals surface area contributed by atoms with Gasteiger partial charge in [0.25, 0.3) is 0 Å². The predicted octanol–water partition coefficient (Wildman–Crippen LogP) is 3.19. The molecule has 1 fully saturated rings. The maximum atomic E-state index is 12.8. The molecule has 7 heteroatoms. The van der Waals surface area contributed by atoms with Crippen molar-refractivity contribution in [2.24, 2.45) is 22.4 Å². The van der Waals surface area contributed by atoms with Crippen LogP contribution in [0, 0.1) is 17.3 Å². The van der Waals surface area contributed by atoms with Gasteiger partial charge in [0.05, 0.1) is 0 Å². The zero-order chi connectivity index (χ0) is 21.0. The third-order valence-corrected chi connectivity index (χ3v) is 7.58. The number of benzene rings is 1. The van der Waals surface area contributed by atoms with E-state index in [-0.39, 0.29) is 23.1 Å². The third-order valence-electron chi connectivity index (χ3n) is 7.16. The molecule has 29 heavy (non-hydrogen) atoms. The van der Waals surface area contributed by atoms with Gasteiger partial charge in [-0.25, -0.2) is 0 Å². The molecule has 3 aliphatic rings. The van der Waals surface area contributed by atoms with Crippen LogP contribution in [-0.2, 0) is 21.5 Å². The van der Waals surface area contributed by atoms with Crippen LogP contribution in [0.2, 0.25) is 0 Å². The van der Waals surface area contributed by atoms with Crippen molar-refractivity contribution < 1.29 is 17.4 Å². The van der Waals surface area contributed by atoms with Crippen LogP contribution in [0.15, 0.2) is 29.8 Å². The van der Waals surface area contributed by atoms with E-state index in [2.05, 4.69) is 18.3 Å². The molecule has 1 saturated carbocycles. The van der Waals surface area contributed by atoms with Crippen molar-refractivity contribution in [2.75, 3.05) is 0 Å². The zero-order valence-corrected chi connectivity index (χ0v) is 18.1. The van der Waals surface area contributed by atoms with Crippen LogP contribution in [0.1, 0.15) is 63.5 Å². The molecule has 4 rings (SSSR count). The van der Waals surface area contributed by atoms with Crippen LogP contribution in [0.25, 0.3) is 0 Å². The molecular formula is C22H30N2O4S. The summed E-state index contributed by atoms with van der Waals surface area (Å²) in [7, 11) is -4.01. The Labute approximate surface area is 173 Å². The van der Waals surface area contributed by atoms with Gasteiger partial charge in [0, 0.05) is 17.0 Å². The van der Waals surface area contributed by atoms with Gasteiger partial charge in [-0.1, -0.05) is 19.1 Å².